The van der Waals surface area contributed by atoms with E-state index in [1.807, 2.05) is 6.92 Å². The van der Waals surface area contributed by atoms with Gasteiger partial charge in [-0.15, -0.1) is 0 Å². The average molecular weight is 273 g/mol. The van der Waals surface area contributed by atoms with E-state index >= 15 is 0 Å². The number of rotatable bonds is 7. The number of hydrogen-bond acceptors (Lipinski definition) is 4. The van der Waals surface area contributed by atoms with E-state index in [4.69, 9.17) is 17.3 Å². The summed E-state index contributed by atoms with van der Waals surface area (Å²) in [5.74, 6) is 0. The number of anilines is 1. The van der Waals surface area contributed by atoms with E-state index in [0.29, 0.717) is 18.8 Å². The van der Waals surface area contributed by atoms with Crippen molar-refractivity contribution in [3.8, 4) is 0 Å². The van der Waals surface area contributed by atoms with E-state index in [-0.39, 0.29) is 16.6 Å². The average Bonchev–Trinajstić information content (AvgIpc) is 2.39. The summed E-state index contributed by atoms with van der Waals surface area (Å²) in [5.41, 5.74) is 5.92. The predicted molar refractivity (Wildman–Crippen MR) is 75.2 cm³/mol. The van der Waals surface area contributed by atoms with Crippen LogP contribution < -0.4 is 16.6 Å². The summed E-state index contributed by atoms with van der Waals surface area (Å²) in [6.07, 6.45) is 4.39. The van der Waals surface area contributed by atoms with Crippen LogP contribution in [0.25, 0.3) is 0 Å². The Labute approximate surface area is 112 Å². The van der Waals surface area contributed by atoms with Gasteiger partial charge in [-0.2, -0.15) is 5.10 Å². The summed E-state index contributed by atoms with van der Waals surface area (Å²) in [6.45, 7) is 5.18. The van der Waals surface area contributed by atoms with Crippen LogP contribution in [0, 0.1) is 0 Å². The first kappa shape index (κ1) is 15.0. The van der Waals surface area contributed by atoms with E-state index in [0.717, 1.165) is 19.3 Å². The number of nitrogens with zero attached hydrogens (tertiary/aromatic N) is 2. The van der Waals surface area contributed by atoms with Gasteiger partial charge in [-0.1, -0.05) is 31.9 Å². The lowest BCUT2D eigenvalue weighted by Crippen LogP contribution is -2.30. The molecule has 0 bridgehead atoms. The molecule has 1 atom stereocenters. The molecular formula is C12H21ClN4O. The first-order chi connectivity index (χ1) is 8.63. The molecule has 0 aliphatic carbocycles. The van der Waals surface area contributed by atoms with Gasteiger partial charge in [0.1, 0.15) is 5.02 Å². The maximum absolute atomic E-state index is 12.0. The SMILES string of the molecule is CCCCn1ncc(NC(CC)CN)c(Cl)c1=O. The van der Waals surface area contributed by atoms with Crippen molar-refractivity contribution in [1.82, 2.24) is 9.78 Å². The topological polar surface area (TPSA) is 72.9 Å². The lowest BCUT2D eigenvalue weighted by Gasteiger charge is -2.17. The summed E-state index contributed by atoms with van der Waals surface area (Å²) in [5, 5.41) is 7.44. The minimum atomic E-state index is -0.248. The molecule has 1 aromatic heterocycles. The van der Waals surface area contributed by atoms with Crippen LogP contribution in [0.3, 0.4) is 0 Å². The molecule has 0 aliphatic rings. The van der Waals surface area contributed by atoms with Gasteiger partial charge in [0.2, 0.25) is 0 Å². The molecule has 1 heterocycles. The van der Waals surface area contributed by atoms with Crippen molar-refractivity contribution in [3.63, 3.8) is 0 Å². The highest BCUT2D eigenvalue weighted by molar-refractivity contribution is 6.32. The van der Waals surface area contributed by atoms with Crippen molar-refractivity contribution in [2.24, 2.45) is 5.73 Å². The van der Waals surface area contributed by atoms with Crippen LogP contribution >= 0.6 is 11.6 Å². The van der Waals surface area contributed by atoms with E-state index in [1.165, 1.54) is 4.68 Å². The van der Waals surface area contributed by atoms with Gasteiger partial charge >= 0.3 is 0 Å². The van der Waals surface area contributed by atoms with Crippen LogP contribution in [-0.2, 0) is 6.54 Å². The first-order valence-electron chi connectivity index (χ1n) is 6.36. The maximum atomic E-state index is 12.0. The Hall–Kier alpha value is -1.07. The van der Waals surface area contributed by atoms with Crippen molar-refractivity contribution < 1.29 is 0 Å². The van der Waals surface area contributed by atoms with Crippen molar-refractivity contribution in [2.45, 2.75) is 45.7 Å². The third-order valence-corrected chi connectivity index (χ3v) is 3.21. The third kappa shape index (κ3) is 3.71. The Kier molecular flexibility index (Phi) is 6.15. The molecule has 3 N–H and O–H groups in total. The molecule has 0 saturated carbocycles. The highest BCUT2D eigenvalue weighted by atomic mass is 35.5. The second kappa shape index (κ2) is 7.38. The largest absolute Gasteiger partial charge is 0.378 e. The quantitative estimate of drug-likeness (QED) is 0.794. The fourth-order valence-corrected chi connectivity index (χ4v) is 1.78. The minimum Gasteiger partial charge on any atom is -0.378 e. The summed E-state index contributed by atoms with van der Waals surface area (Å²) in [7, 11) is 0. The van der Waals surface area contributed by atoms with Crippen LogP contribution in [0.5, 0.6) is 0 Å². The van der Waals surface area contributed by atoms with Crippen molar-refractivity contribution >= 4 is 17.3 Å². The Balaban J connectivity index is 2.90. The molecule has 0 amide bonds. The second-order valence-electron chi connectivity index (χ2n) is 4.24. The number of nitrogens with one attached hydrogen (secondary N) is 1. The lowest BCUT2D eigenvalue weighted by atomic mass is 10.2. The van der Waals surface area contributed by atoms with Crippen LogP contribution in [0.2, 0.25) is 5.02 Å². The zero-order valence-corrected chi connectivity index (χ0v) is 11.7. The van der Waals surface area contributed by atoms with Gasteiger partial charge in [0, 0.05) is 19.1 Å². The fraction of sp³-hybridized carbons (Fsp3) is 0.667. The number of halogens is 1. The monoisotopic (exact) mass is 272 g/mol. The van der Waals surface area contributed by atoms with E-state index in [1.54, 1.807) is 6.20 Å². The summed E-state index contributed by atoms with van der Waals surface area (Å²) >= 11 is 6.06. The Morgan fingerprint density at radius 2 is 2.28 bits per heavy atom. The number of nitrogens with two attached hydrogens (primary N) is 1. The standard InChI is InChI=1S/C12H21ClN4O/c1-3-5-6-17-12(18)11(13)10(8-15-17)16-9(4-2)7-14/h8-9,16H,3-7,14H2,1-2H3. The van der Waals surface area contributed by atoms with Crippen LogP contribution in [-0.4, -0.2) is 22.4 Å². The highest BCUT2D eigenvalue weighted by Crippen LogP contribution is 2.16. The van der Waals surface area contributed by atoms with Crippen LogP contribution in [0.15, 0.2) is 11.0 Å². The minimum absolute atomic E-state index is 0.107. The molecule has 0 aliphatic heterocycles. The summed E-state index contributed by atoms with van der Waals surface area (Å²) < 4.78 is 1.40. The first-order valence-corrected chi connectivity index (χ1v) is 6.74. The fourth-order valence-electron chi connectivity index (χ4n) is 1.58. The second-order valence-corrected chi connectivity index (χ2v) is 4.62. The molecule has 0 fully saturated rings. The summed E-state index contributed by atoms with van der Waals surface area (Å²) in [4.78, 5) is 12.0. The van der Waals surface area contributed by atoms with Gasteiger partial charge < -0.3 is 11.1 Å². The van der Waals surface area contributed by atoms with Crippen LogP contribution in [0.4, 0.5) is 5.69 Å². The highest BCUT2D eigenvalue weighted by Gasteiger charge is 2.11. The molecule has 6 heteroatoms. The summed E-state index contributed by atoms with van der Waals surface area (Å²) in [6, 6.07) is 0.107. The Bertz CT molecular complexity index is 429. The van der Waals surface area contributed by atoms with Crippen molar-refractivity contribution in [1.29, 1.82) is 0 Å². The van der Waals surface area contributed by atoms with Gasteiger partial charge in [-0.3, -0.25) is 4.79 Å². The lowest BCUT2D eigenvalue weighted by molar-refractivity contribution is 0.543. The predicted octanol–water partition coefficient (Wildman–Crippen LogP) is 1.85. The van der Waals surface area contributed by atoms with Crippen molar-refractivity contribution in [3.05, 3.63) is 21.6 Å². The molecule has 0 saturated heterocycles. The van der Waals surface area contributed by atoms with E-state index in [2.05, 4.69) is 17.3 Å². The van der Waals surface area contributed by atoms with Gasteiger partial charge in [0.05, 0.1) is 11.9 Å². The molecule has 1 aromatic rings. The van der Waals surface area contributed by atoms with Gasteiger partial charge in [0.15, 0.2) is 0 Å². The molecule has 18 heavy (non-hydrogen) atoms. The van der Waals surface area contributed by atoms with E-state index < -0.39 is 0 Å². The molecule has 1 rings (SSSR count). The Morgan fingerprint density at radius 3 is 2.83 bits per heavy atom. The maximum Gasteiger partial charge on any atom is 0.287 e. The van der Waals surface area contributed by atoms with E-state index in [9.17, 15) is 4.79 Å². The van der Waals surface area contributed by atoms with Crippen molar-refractivity contribution in [2.75, 3.05) is 11.9 Å². The molecule has 0 spiro atoms. The molecule has 0 radical (unpaired) electrons. The smallest absolute Gasteiger partial charge is 0.287 e. The number of aryl methyl sites for hydroxylation is 1. The third-order valence-electron chi connectivity index (χ3n) is 2.85. The molecule has 0 aromatic carbocycles. The van der Waals surface area contributed by atoms with Gasteiger partial charge in [0.25, 0.3) is 5.56 Å². The molecule has 1 unspecified atom stereocenters. The number of aromatic nitrogens is 2. The number of unbranched alkanes of at least 4 members (excludes halogenated alkanes) is 1. The number of hydrogen-bond donors (Lipinski definition) is 2. The zero-order valence-electron chi connectivity index (χ0n) is 10.9. The van der Waals surface area contributed by atoms with Crippen LogP contribution in [0.1, 0.15) is 33.1 Å². The van der Waals surface area contributed by atoms with Gasteiger partial charge in [-0.05, 0) is 12.8 Å². The Morgan fingerprint density at radius 1 is 1.56 bits per heavy atom. The molecule has 102 valence electrons. The molecule has 5 nitrogen and oxygen atoms in total. The normalized spacial score (nSPS) is 12.4. The zero-order chi connectivity index (χ0) is 13.5. The molecular weight excluding hydrogens is 252 g/mol. The van der Waals surface area contributed by atoms with Gasteiger partial charge in [-0.25, -0.2) is 4.68 Å².